The molecule has 92 valence electrons. The van der Waals surface area contributed by atoms with Gasteiger partial charge in [0.15, 0.2) is 0 Å². The second-order valence-corrected chi connectivity index (χ2v) is 5.11. The van der Waals surface area contributed by atoms with Crippen molar-refractivity contribution in [1.29, 1.82) is 0 Å². The normalized spacial score (nSPS) is 16.6. The van der Waals surface area contributed by atoms with Gasteiger partial charge in [0.2, 0.25) is 0 Å². The van der Waals surface area contributed by atoms with Gasteiger partial charge in [0, 0.05) is 23.2 Å². The van der Waals surface area contributed by atoms with Crippen molar-refractivity contribution in [3.05, 3.63) is 34.3 Å². The minimum Gasteiger partial charge on any atom is -0.350 e. The minimum absolute atomic E-state index is 0.0738. The highest BCUT2D eigenvalue weighted by atomic mass is 35.5. The highest BCUT2D eigenvalue weighted by Crippen LogP contribution is 2.31. The van der Waals surface area contributed by atoms with Gasteiger partial charge in [0.05, 0.1) is 0 Å². The molecule has 1 atom stereocenters. The summed E-state index contributed by atoms with van der Waals surface area (Å²) < 4.78 is 0. The van der Waals surface area contributed by atoms with Crippen LogP contribution in [-0.4, -0.2) is 18.5 Å². The maximum absolute atomic E-state index is 11.9. The standard InChI is InChI=1S/C13H17ClN2O/c1-8-6-10(14)4-5-11(8)13(17)16-7-12(15)9-2-3-9/h4-6,9,12H,2-3,7,15H2,1H3,(H,16,17). The Morgan fingerprint density at radius 1 is 1.59 bits per heavy atom. The lowest BCUT2D eigenvalue weighted by Gasteiger charge is -2.12. The van der Waals surface area contributed by atoms with Crippen molar-refractivity contribution in [3.63, 3.8) is 0 Å². The van der Waals surface area contributed by atoms with Crippen molar-refractivity contribution >= 4 is 17.5 Å². The van der Waals surface area contributed by atoms with Gasteiger partial charge in [-0.1, -0.05) is 11.6 Å². The Kier molecular flexibility index (Phi) is 3.69. The summed E-state index contributed by atoms with van der Waals surface area (Å²) in [6, 6.07) is 5.35. The lowest BCUT2D eigenvalue weighted by Crippen LogP contribution is -2.38. The summed E-state index contributed by atoms with van der Waals surface area (Å²) in [6.07, 6.45) is 2.38. The van der Waals surface area contributed by atoms with Gasteiger partial charge < -0.3 is 11.1 Å². The zero-order valence-corrected chi connectivity index (χ0v) is 10.6. The number of carbonyl (C=O) groups excluding carboxylic acids is 1. The van der Waals surface area contributed by atoms with Crippen LogP contribution in [0.3, 0.4) is 0 Å². The summed E-state index contributed by atoms with van der Waals surface area (Å²) in [7, 11) is 0. The summed E-state index contributed by atoms with van der Waals surface area (Å²) in [5.41, 5.74) is 7.48. The predicted octanol–water partition coefficient (Wildman–Crippen LogP) is 2.12. The van der Waals surface area contributed by atoms with Crippen LogP contribution < -0.4 is 11.1 Å². The van der Waals surface area contributed by atoms with Gasteiger partial charge in [0.1, 0.15) is 0 Å². The van der Waals surface area contributed by atoms with Crippen LogP contribution in [0.4, 0.5) is 0 Å². The number of nitrogens with two attached hydrogens (primary N) is 1. The molecule has 4 heteroatoms. The summed E-state index contributed by atoms with van der Waals surface area (Å²) in [5.74, 6) is 0.525. The molecule has 0 saturated heterocycles. The van der Waals surface area contributed by atoms with E-state index in [1.54, 1.807) is 18.2 Å². The van der Waals surface area contributed by atoms with Crippen molar-refractivity contribution in [2.24, 2.45) is 11.7 Å². The monoisotopic (exact) mass is 252 g/mol. The second-order valence-electron chi connectivity index (χ2n) is 4.67. The first kappa shape index (κ1) is 12.4. The van der Waals surface area contributed by atoms with Gasteiger partial charge in [-0.3, -0.25) is 4.79 Å². The largest absolute Gasteiger partial charge is 0.350 e. The summed E-state index contributed by atoms with van der Waals surface area (Å²) in [5, 5.41) is 3.52. The van der Waals surface area contributed by atoms with E-state index in [0.29, 0.717) is 23.0 Å². The Morgan fingerprint density at radius 2 is 2.29 bits per heavy atom. The van der Waals surface area contributed by atoms with Crippen LogP contribution in [0.15, 0.2) is 18.2 Å². The number of hydrogen-bond acceptors (Lipinski definition) is 2. The molecule has 3 nitrogen and oxygen atoms in total. The third kappa shape index (κ3) is 3.20. The van der Waals surface area contributed by atoms with Crippen molar-refractivity contribution < 1.29 is 4.79 Å². The molecule has 1 amide bonds. The quantitative estimate of drug-likeness (QED) is 0.863. The zero-order chi connectivity index (χ0) is 12.4. The van der Waals surface area contributed by atoms with Gasteiger partial charge in [0.25, 0.3) is 5.91 Å². The zero-order valence-electron chi connectivity index (χ0n) is 9.87. The van der Waals surface area contributed by atoms with E-state index < -0.39 is 0 Å². The maximum atomic E-state index is 11.9. The number of rotatable bonds is 4. The topological polar surface area (TPSA) is 55.1 Å². The van der Waals surface area contributed by atoms with Gasteiger partial charge in [-0.15, -0.1) is 0 Å². The molecule has 2 rings (SSSR count). The van der Waals surface area contributed by atoms with E-state index in [1.165, 1.54) is 12.8 Å². The first-order valence-electron chi connectivity index (χ1n) is 5.88. The fourth-order valence-corrected chi connectivity index (χ4v) is 2.11. The van der Waals surface area contributed by atoms with Crippen molar-refractivity contribution in [2.45, 2.75) is 25.8 Å². The molecule has 1 aromatic carbocycles. The lowest BCUT2D eigenvalue weighted by molar-refractivity contribution is 0.0949. The Hall–Kier alpha value is -1.06. The molecular formula is C13H17ClN2O. The van der Waals surface area contributed by atoms with E-state index in [9.17, 15) is 4.79 Å². The molecule has 0 aliphatic heterocycles. The molecule has 0 heterocycles. The maximum Gasteiger partial charge on any atom is 0.251 e. The van der Waals surface area contributed by atoms with Gasteiger partial charge in [-0.2, -0.15) is 0 Å². The molecule has 0 spiro atoms. The average molecular weight is 253 g/mol. The molecule has 0 radical (unpaired) electrons. The average Bonchev–Trinajstić information content (AvgIpc) is 3.09. The number of halogens is 1. The molecule has 0 bridgehead atoms. The summed E-state index contributed by atoms with van der Waals surface area (Å²) >= 11 is 5.85. The molecule has 3 N–H and O–H groups in total. The first-order chi connectivity index (χ1) is 8.08. The Balaban J connectivity index is 1.94. The number of amides is 1. The van der Waals surface area contributed by atoms with E-state index in [2.05, 4.69) is 5.32 Å². The molecule has 0 aromatic heterocycles. The molecule has 1 aliphatic rings. The number of nitrogens with one attached hydrogen (secondary N) is 1. The molecular weight excluding hydrogens is 236 g/mol. The van der Waals surface area contributed by atoms with Crippen LogP contribution in [0.5, 0.6) is 0 Å². The molecule has 1 fully saturated rings. The first-order valence-corrected chi connectivity index (χ1v) is 6.25. The Labute approximate surface area is 106 Å². The smallest absolute Gasteiger partial charge is 0.251 e. The predicted molar refractivity (Wildman–Crippen MR) is 69.2 cm³/mol. The Bertz CT molecular complexity index is 429. The van der Waals surface area contributed by atoms with E-state index in [4.69, 9.17) is 17.3 Å². The van der Waals surface area contributed by atoms with Gasteiger partial charge in [-0.05, 0) is 49.4 Å². The Morgan fingerprint density at radius 3 is 2.88 bits per heavy atom. The van der Waals surface area contributed by atoms with Gasteiger partial charge >= 0.3 is 0 Å². The molecule has 17 heavy (non-hydrogen) atoms. The van der Waals surface area contributed by atoms with E-state index >= 15 is 0 Å². The van der Waals surface area contributed by atoms with E-state index in [-0.39, 0.29) is 11.9 Å². The fraction of sp³-hybridized carbons (Fsp3) is 0.462. The molecule has 1 aliphatic carbocycles. The fourth-order valence-electron chi connectivity index (χ4n) is 1.88. The van der Waals surface area contributed by atoms with Crippen LogP contribution in [0.1, 0.15) is 28.8 Å². The second kappa shape index (κ2) is 5.07. The highest BCUT2D eigenvalue weighted by Gasteiger charge is 2.28. The van der Waals surface area contributed by atoms with Crippen LogP contribution in [0.25, 0.3) is 0 Å². The lowest BCUT2D eigenvalue weighted by atomic mass is 10.1. The number of aryl methyl sites for hydroxylation is 1. The molecule has 1 saturated carbocycles. The van der Waals surface area contributed by atoms with Crippen molar-refractivity contribution in [2.75, 3.05) is 6.54 Å². The highest BCUT2D eigenvalue weighted by molar-refractivity contribution is 6.30. The third-order valence-electron chi connectivity index (χ3n) is 3.16. The summed E-state index contributed by atoms with van der Waals surface area (Å²) in [4.78, 5) is 11.9. The van der Waals surface area contributed by atoms with E-state index in [1.807, 2.05) is 6.92 Å². The third-order valence-corrected chi connectivity index (χ3v) is 3.39. The van der Waals surface area contributed by atoms with Crippen molar-refractivity contribution in [1.82, 2.24) is 5.32 Å². The van der Waals surface area contributed by atoms with E-state index in [0.717, 1.165) is 5.56 Å². The number of benzene rings is 1. The SMILES string of the molecule is Cc1cc(Cl)ccc1C(=O)NCC(N)C1CC1. The van der Waals surface area contributed by atoms with Crippen LogP contribution in [0.2, 0.25) is 5.02 Å². The summed E-state index contributed by atoms with van der Waals surface area (Å²) in [6.45, 7) is 2.42. The van der Waals surface area contributed by atoms with Gasteiger partial charge in [-0.25, -0.2) is 0 Å². The molecule has 1 unspecified atom stereocenters. The number of hydrogen-bond donors (Lipinski definition) is 2. The van der Waals surface area contributed by atoms with Crippen LogP contribution in [-0.2, 0) is 0 Å². The van der Waals surface area contributed by atoms with Crippen LogP contribution in [0, 0.1) is 12.8 Å². The van der Waals surface area contributed by atoms with Crippen LogP contribution >= 0.6 is 11.6 Å². The van der Waals surface area contributed by atoms with Crippen molar-refractivity contribution in [3.8, 4) is 0 Å². The molecule has 1 aromatic rings. The minimum atomic E-state index is -0.0738. The number of carbonyl (C=O) groups is 1.